The molecule has 0 heterocycles. The maximum absolute atomic E-state index is 12.7. The highest BCUT2D eigenvalue weighted by atomic mass is 32.2. The Morgan fingerprint density at radius 1 is 0.667 bits per heavy atom. The zero-order chi connectivity index (χ0) is 21.9. The smallest absolute Gasteiger partial charge is 0.261 e. The molecule has 0 aliphatic carbocycles. The third-order valence-electron chi connectivity index (χ3n) is 4.53. The van der Waals surface area contributed by atoms with Crippen LogP contribution >= 0.6 is 0 Å². The molecule has 0 unspecified atom stereocenters. The molecule has 2 N–H and O–H groups in total. The Hall–Kier alpha value is -3.04. The minimum absolute atomic E-state index is 0.0596. The molecule has 30 heavy (non-hydrogen) atoms. The molecule has 0 amide bonds. The number of nitrogens with one attached hydrogen (secondary N) is 2. The lowest BCUT2D eigenvalue weighted by Crippen LogP contribution is -2.15. The molecule has 3 aromatic rings. The van der Waals surface area contributed by atoms with E-state index >= 15 is 0 Å². The predicted molar refractivity (Wildman–Crippen MR) is 117 cm³/mol. The van der Waals surface area contributed by atoms with Crippen LogP contribution in [-0.4, -0.2) is 23.9 Å². The van der Waals surface area contributed by atoms with Crippen LogP contribution in [-0.2, 0) is 20.0 Å². The summed E-state index contributed by atoms with van der Waals surface area (Å²) in [6.07, 6.45) is 0. The van der Waals surface area contributed by atoms with Gasteiger partial charge in [-0.3, -0.25) is 9.44 Å². The lowest BCUT2D eigenvalue weighted by atomic mass is 10.1. The van der Waals surface area contributed by atoms with Gasteiger partial charge in [0.25, 0.3) is 20.0 Å². The quantitative estimate of drug-likeness (QED) is 0.573. The number of aryl methyl sites for hydroxylation is 2. The van der Waals surface area contributed by atoms with Gasteiger partial charge in [-0.25, -0.2) is 16.8 Å². The molecule has 158 valence electrons. The summed E-state index contributed by atoms with van der Waals surface area (Å²) < 4.78 is 60.5. The van der Waals surface area contributed by atoms with Crippen LogP contribution in [0.5, 0.6) is 5.75 Å². The Bertz CT molecular complexity index is 1270. The number of anilines is 2. The maximum Gasteiger partial charge on any atom is 0.261 e. The number of hydrogen-bond acceptors (Lipinski definition) is 5. The monoisotopic (exact) mass is 446 g/mol. The largest absolute Gasteiger partial charge is 0.497 e. The third kappa shape index (κ3) is 4.92. The van der Waals surface area contributed by atoms with Crippen molar-refractivity contribution in [2.75, 3.05) is 16.6 Å². The van der Waals surface area contributed by atoms with Gasteiger partial charge in [0.1, 0.15) is 5.75 Å². The molecule has 9 heteroatoms. The molecule has 0 spiro atoms. The van der Waals surface area contributed by atoms with Crippen LogP contribution in [0.2, 0.25) is 0 Å². The van der Waals surface area contributed by atoms with Crippen molar-refractivity contribution >= 4 is 31.4 Å². The Labute approximate surface area is 176 Å². The summed E-state index contributed by atoms with van der Waals surface area (Å²) in [5, 5.41) is 0. The van der Waals surface area contributed by atoms with Gasteiger partial charge in [-0.05, 0) is 79.6 Å². The molecule has 7 nitrogen and oxygen atoms in total. The molecule has 0 aliphatic heterocycles. The van der Waals surface area contributed by atoms with Crippen LogP contribution in [0, 0.1) is 13.8 Å². The van der Waals surface area contributed by atoms with Crippen molar-refractivity contribution in [1.82, 2.24) is 0 Å². The lowest BCUT2D eigenvalue weighted by molar-refractivity contribution is 0.414. The fourth-order valence-corrected chi connectivity index (χ4v) is 4.89. The van der Waals surface area contributed by atoms with E-state index in [1.807, 2.05) is 13.8 Å². The van der Waals surface area contributed by atoms with Gasteiger partial charge < -0.3 is 4.74 Å². The van der Waals surface area contributed by atoms with Crippen molar-refractivity contribution in [2.45, 2.75) is 23.6 Å². The molecule has 0 saturated carbocycles. The van der Waals surface area contributed by atoms with Gasteiger partial charge in [-0.2, -0.15) is 0 Å². The number of sulfonamides is 2. The van der Waals surface area contributed by atoms with Gasteiger partial charge in [0.2, 0.25) is 0 Å². The third-order valence-corrected chi connectivity index (χ3v) is 7.30. The van der Waals surface area contributed by atoms with Gasteiger partial charge >= 0.3 is 0 Å². The maximum atomic E-state index is 12.7. The summed E-state index contributed by atoms with van der Waals surface area (Å²) in [4.78, 5) is 0.194. The number of benzene rings is 3. The minimum atomic E-state index is -3.84. The summed E-state index contributed by atoms with van der Waals surface area (Å²) in [5.41, 5.74) is 2.32. The lowest BCUT2D eigenvalue weighted by Gasteiger charge is -2.12. The Morgan fingerprint density at radius 2 is 1.20 bits per heavy atom. The van der Waals surface area contributed by atoms with Crippen LogP contribution in [0.15, 0.2) is 76.5 Å². The summed E-state index contributed by atoms with van der Waals surface area (Å²) in [6.45, 7) is 3.74. The van der Waals surface area contributed by atoms with Gasteiger partial charge in [-0.1, -0.05) is 12.1 Å². The first-order valence-corrected chi connectivity index (χ1v) is 11.9. The highest BCUT2D eigenvalue weighted by Crippen LogP contribution is 2.23. The molecule has 0 radical (unpaired) electrons. The Kier molecular flexibility index (Phi) is 6.04. The number of methoxy groups -OCH3 is 1. The molecule has 0 atom stereocenters. The number of rotatable bonds is 7. The molecule has 0 saturated heterocycles. The molecule has 3 aromatic carbocycles. The van der Waals surface area contributed by atoms with Crippen LogP contribution < -0.4 is 14.2 Å². The molecular weight excluding hydrogens is 424 g/mol. The van der Waals surface area contributed by atoms with E-state index in [0.717, 1.165) is 11.1 Å². The first-order chi connectivity index (χ1) is 14.1. The topological polar surface area (TPSA) is 102 Å². The van der Waals surface area contributed by atoms with E-state index in [4.69, 9.17) is 4.74 Å². The summed E-state index contributed by atoms with van der Waals surface area (Å²) in [6, 6.07) is 16.9. The molecule has 0 aliphatic rings. The van der Waals surface area contributed by atoms with Gasteiger partial charge in [0.05, 0.1) is 28.3 Å². The fraction of sp³-hybridized carbons (Fsp3) is 0.143. The fourth-order valence-electron chi connectivity index (χ4n) is 2.71. The average Bonchev–Trinajstić information content (AvgIpc) is 2.69. The first kappa shape index (κ1) is 21.7. The van der Waals surface area contributed by atoms with Crippen LogP contribution in [0.25, 0.3) is 0 Å². The van der Waals surface area contributed by atoms with Gasteiger partial charge in [0.15, 0.2) is 0 Å². The van der Waals surface area contributed by atoms with E-state index in [1.54, 1.807) is 36.4 Å². The van der Waals surface area contributed by atoms with Gasteiger partial charge in [0, 0.05) is 0 Å². The van der Waals surface area contributed by atoms with E-state index in [0.29, 0.717) is 5.75 Å². The van der Waals surface area contributed by atoms with Crippen molar-refractivity contribution in [1.29, 1.82) is 0 Å². The highest BCUT2D eigenvalue weighted by Gasteiger charge is 2.17. The molecule has 3 rings (SSSR count). The Morgan fingerprint density at radius 3 is 1.73 bits per heavy atom. The Balaban J connectivity index is 1.82. The number of ether oxygens (including phenoxy) is 1. The van der Waals surface area contributed by atoms with Crippen molar-refractivity contribution in [2.24, 2.45) is 0 Å². The van der Waals surface area contributed by atoms with E-state index in [1.165, 1.54) is 37.4 Å². The van der Waals surface area contributed by atoms with E-state index < -0.39 is 20.0 Å². The van der Waals surface area contributed by atoms with E-state index in [-0.39, 0.29) is 21.2 Å². The van der Waals surface area contributed by atoms with Crippen molar-refractivity contribution < 1.29 is 21.6 Å². The summed E-state index contributed by atoms with van der Waals surface area (Å²) in [5.74, 6) is 0.539. The molecule has 0 fully saturated rings. The molecule has 0 bridgehead atoms. The van der Waals surface area contributed by atoms with Crippen molar-refractivity contribution in [3.05, 3.63) is 77.9 Å². The van der Waals surface area contributed by atoms with Crippen LogP contribution in [0.3, 0.4) is 0 Å². The standard InChI is InChI=1S/C21H22N2O5S2/c1-15-7-10-21(13-16(15)2)30(26,27)23-18-6-4-5-17(14-18)22-29(24,25)20-11-8-19(28-3)9-12-20/h4-14,22-23H,1-3H3. The second-order valence-electron chi connectivity index (χ2n) is 6.71. The van der Waals surface area contributed by atoms with Gasteiger partial charge in [-0.15, -0.1) is 0 Å². The van der Waals surface area contributed by atoms with Crippen LogP contribution in [0.1, 0.15) is 11.1 Å². The van der Waals surface area contributed by atoms with Crippen molar-refractivity contribution in [3.63, 3.8) is 0 Å². The molecule has 0 aromatic heterocycles. The average molecular weight is 447 g/mol. The second-order valence-corrected chi connectivity index (χ2v) is 10.1. The second kappa shape index (κ2) is 8.37. The minimum Gasteiger partial charge on any atom is -0.497 e. The SMILES string of the molecule is COc1ccc(S(=O)(=O)Nc2cccc(NS(=O)(=O)c3ccc(C)c(C)c3)c2)cc1. The molecular formula is C21H22N2O5S2. The van der Waals surface area contributed by atoms with Crippen LogP contribution in [0.4, 0.5) is 11.4 Å². The summed E-state index contributed by atoms with van der Waals surface area (Å²) >= 11 is 0. The summed E-state index contributed by atoms with van der Waals surface area (Å²) in [7, 11) is -6.17. The van der Waals surface area contributed by atoms with E-state index in [2.05, 4.69) is 9.44 Å². The zero-order valence-corrected chi connectivity index (χ0v) is 18.3. The highest BCUT2D eigenvalue weighted by molar-refractivity contribution is 7.93. The predicted octanol–water partition coefficient (Wildman–Crippen LogP) is 3.91. The van der Waals surface area contributed by atoms with E-state index in [9.17, 15) is 16.8 Å². The first-order valence-electron chi connectivity index (χ1n) is 8.98. The normalized spacial score (nSPS) is 11.7. The number of hydrogen-bond donors (Lipinski definition) is 2. The van der Waals surface area contributed by atoms with Crippen molar-refractivity contribution in [3.8, 4) is 5.75 Å². The zero-order valence-electron chi connectivity index (χ0n) is 16.7.